The lowest BCUT2D eigenvalue weighted by molar-refractivity contribution is 0.604. The van der Waals surface area contributed by atoms with Crippen LogP contribution in [0.25, 0.3) is 22.2 Å². The first-order valence-electron chi connectivity index (χ1n) is 8.25. The highest BCUT2D eigenvalue weighted by atomic mass is 35.5. The van der Waals surface area contributed by atoms with Crippen LogP contribution in [0.4, 0.5) is 10.1 Å². The molecule has 1 heterocycles. The smallest absolute Gasteiger partial charge is 0.314 e. The summed E-state index contributed by atoms with van der Waals surface area (Å²) in [5.41, 5.74) is 1.56. The summed E-state index contributed by atoms with van der Waals surface area (Å²) in [4.78, 5) is 27.9. The number of halogens is 2. The Kier molecular flexibility index (Phi) is 4.93. The number of aromatic nitrogens is 2. The highest BCUT2D eigenvalue weighted by Crippen LogP contribution is 2.32. The van der Waals surface area contributed by atoms with E-state index in [4.69, 9.17) is 11.6 Å². The molecule has 0 aliphatic rings. The Labute approximate surface area is 167 Å². The third-order valence-corrected chi connectivity index (χ3v) is 5.29. The van der Waals surface area contributed by atoms with Gasteiger partial charge in [0.15, 0.2) is 0 Å². The van der Waals surface area contributed by atoms with Crippen LogP contribution in [0.5, 0.6) is 0 Å². The van der Waals surface area contributed by atoms with Crippen molar-refractivity contribution in [1.82, 2.24) is 9.97 Å². The maximum atomic E-state index is 14.3. The van der Waals surface area contributed by atoms with Crippen molar-refractivity contribution in [2.45, 2.75) is 4.90 Å². The quantitative estimate of drug-likeness (QED) is 0.332. The first kappa shape index (κ1) is 18.3. The topological polar surface area (TPSA) is 77.8 Å². The average Bonchev–Trinajstić information content (AvgIpc) is 2.68. The number of anilines is 1. The minimum Gasteiger partial charge on any atom is -0.326 e. The first-order chi connectivity index (χ1) is 13.5. The Morgan fingerprint density at radius 1 is 0.893 bits per heavy atom. The fourth-order valence-corrected chi connectivity index (χ4v) is 3.72. The van der Waals surface area contributed by atoms with Crippen molar-refractivity contribution in [1.29, 1.82) is 0 Å². The second-order valence-corrected chi connectivity index (χ2v) is 7.26. The van der Waals surface area contributed by atoms with E-state index in [0.717, 1.165) is 23.1 Å². The summed E-state index contributed by atoms with van der Waals surface area (Å²) in [7, 11) is 0. The molecule has 0 saturated heterocycles. The average molecular weight is 414 g/mol. The molecular formula is C20H13ClFN3O2S. The van der Waals surface area contributed by atoms with Gasteiger partial charge in [-0.15, -0.1) is 0 Å². The predicted molar refractivity (Wildman–Crippen MR) is 112 cm³/mol. The van der Waals surface area contributed by atoms with E-state index < -0.39 is 16.9 Å². The van der Waals surface area contributed by atoms with Gasteiger partial charge in [0, 0.05) is 17.3 Å². The molecule has 3 aromatic carbocycles. The van der Waals surface area contributed by atoms with Gasteiger partial charge in [-0.2, -0.15) is 0 Å². The minimum atomic E-state index is -0.821. The maximum absolute atomic E-state index is 14.3. The van der Waals surface area contributed by atoms with Gasteiger partial charge in [-0.25, -0.2) is 4.39 Å². The molecule has 28 heavy (non-hydrogen) atoms. The molecule has 0 aliphatic heterocycles. The molecule has 5 nitrogen and oxygen atoms in total. The van der Waals surface area contributed by atoms with Gasteiger partial charge in [-0.05, 0) is 35.7 Å². The standard InChI is InChI=1S/C20H13ClFN3O2S/c21-14-8-12(6-7-13(14)11-4-2-1-3-5-11)25-28-18-10-17-16(9-15(18)22)23-19(26)20(27)24-17/h1-10,25H,(H,23,26)(H,24,27). The van der Waals surface area contributed by atoms with E-state index in [1.165, 1.54) is 12.1 Å². The molecule has 1 aromatic heterocycles. The van der Waals surface area contributed by atoms with Crippen LogP contribution in [-0.4, -0.2) is 9.97 Å². The third kappa shape index (κ3) is 3.67. The van der Waals surface area contributed by atoms with Crippen LogP contribution >= 0.6 is 23.5 Å². The van der Waals surface area contributed by atoms with Crippen LogP contribution < -0.4 is 15.8 Å². The summed E-state index contributed by atoms with van der Waals surface area (Å²) in [6.45, 7) is 0. The fourth-order valence-electron chi connectivity index (χ4n) is 2.74. The summed E-state index contributed by atoms with van der Waals surface area (Å²) < 4.78 is 17.4. The Morgan fingerprint density at radius 2 is 1.57 bits per heavy atom. The van der Waals surface area contributed by atoms with E-state index in [9.17, 15) is 14.0 Å². The van der Waals surface area contributed by atoms with Crippen LogP contribution in [0.2, 0.25) is 5.02 Å². The van der Waals surface area contributed by atoms with Crippen LogP contribution in [0.15, 0.2) is 75.1 Å². The van der Waals surface area contributed by atoms with Crippen LogP contribution in [0.1, 0.15) is 0 Å². The number of aromatic amines is 2. The summed E-state index contributed by atoms with van der Waals surface area (Å²) in [6.07, 6.45) is 0. The third-order valence-electron chi connectivity index (χ3n) is 4.11. The van der Waals surface area contributed by atoms with Crippen molar-refractivity contribution in [3.8, 4) is 11.1 Å². The molecule has 0 amide bonds. The van der Waals surface area contributed by atoms with Crippen molar-refractivity contribution < 1.29 is 4.39 Å². The molecule has 8 heteroatoms. The van der Waals surface area contributed by atoms with Gasteiger partial charge in [-0.3, -0.25) is 9.59 Å². The van der Waals surface area contributed by atoms with Crippen molar-refractivity contribution in [3.05, 3.63) is 92.2 Å². The van der Waals surface area contributed by atoms with E-state index in [-0.39, 0.29) is 10.4 Å². The van der Waals surface area contributed by atoms with E-state index in [0.29, 0.717) is 16.2 Å². The van der Waals surface area contributed by atoms with Crippen LogP contribution in [0, 0.1) is 5.82 Å². The van der Waals surface area contributed by atoms with E-state index in [2.05, 4.69) is 14.7 Å². The zero-order valence-electron chi connectivity index (χ0n) is 14.3. The van der Waals surface area contributed by atoms with Crippen molar-refractivity contribution >= 4 is 40.3 Å². The molecule has 0 unspecified atom stereocenters. The number of H-pyrrole nitrogens is 2. The van der Waals surface area contributed by atoms with Crippen LogP contribution in [-0.2, 0) is 0 Å². The van der Waals surface area contributed by atoms with Gasteiger partial charge in [0.25, 0.3) is 0 Å². The molecule has 0 aliphatic carbocycles. The lowest BCUT2D eigenvalue weighted by Gasteiger charge is -2.10. The molecule has 0 spiro atoms. The summed E-state index contributed by atoms with van der Waals surface area (Å²) in [5.74, 6) is -0.528. The highest BCUT2D eigenvalue weighted by molar-refractivity contribution is 8.00. The minimum absolute atomic E-state index is 0.224. The Bertz CT molecular complexity index is 1290. The van der Waals surface area contributed by atoms with E-state index in [1.807, 2.05) is 42.5 Å². The zero-order valence-corrected chi connectivity index (χ0v) is 15.8. The molecule has 4 rings (SSSR count). The normalized spacial score (nSPS) is 10.9. The van der Waals surface area contributed by atoms with Gasteiger partial charge in [0.1, 0.15) is 5.82 Å². The lowest BCUT2D eigenvalue weighted by Crippen LogP contribution is -2.28. The lowest BCUT2D eigenvalue weighted by atomic mass is 10.1. The van der Waals surface area contributed by atoms with Gasteiger partial charge in [0.2, 0.25) is 0 Å². The summed E-state index contributed by atoms with van der Waals surface area (Å²) >= 11 is 7.43. The zero-order chi connectivity index (χ0) is 19.7. The second-order valence-electron chi connectivity index (χ2n) is 6.00. The second kappa shape index (κ2) is 7.53. The van der Waals surface area contributed by atoms with Gasteiger partial charge in [-0.1, -0.05) is 48.0 Å². The molecule has 0 atom stereocenters. The molecule has 0 saturated carbocycles. The largest absolute Gasteiger partial charge is 0.326 e. The van der Waals surface area contributed by atoms with Crippen molar-refractivity contribution in [3.63, 3.8) is 0 Å². The van der Waals surface area contributed by atoms with Crippen molar-refractivity contribution in [2.75, 3.05) is 4.72 Å². The van der Waals surface area contributed by atoms with Crippen molar-refractivity contribution in [2.24, 2.45) is 0 Å². The van der Waals surface area contributed by atoms with Gasteiger partial charge in [0.05, 0.1) is 21.0 Å². The molecule has 0 fully saturated rings. The first-order valence-corrected chi connectivity index (χ1v) is 9.44. The number of fused-ring (bicyclic) bond motifs is 1. The molecule has 3 N–H and O–H groups in total. The van der Waals surface area contributed by atoms with Gasteiger partial charge < -0.3 is 14.7 Å². The Balaban J connectivity index is 1.58. The Hall–Kier alpha value is -3.03. The summed E-state index contributed by atoms with van der Waals surface area (Å²) in [6, 6.07) is 17.9. The molecule has 0 radical (unpaired) electrons. The molecule has 0 bridgehead atoms. The Morgan fingerprint density at radius 3 is 2.25 bits per heavy atom. The predicted octanol–water partition coefficient (Wildman–Crippen LogP) is 4.80. The van der Waals surface area contributed by atoms with E-state index in [1.54, 1.807) is 6.07 Å². The van der Waals surface area contributed by atoms with E-state index >= 15 is 0 Å². The fraction of sp³-hybridized carbons (Fsp3) is 0. The maximum Gasteiger partial charge on any atom is 0.314 e. The number of hydrogen-bond acceptors (Lipinski definition) is 4. The molecule has 140 valence electrons. The molecule has 4 aromatic rings. The SMILES string of the molecule is O=c1[nH]c2cc(F)c(SNc3ccc(-c4ccccc4)c(Cl)c3)cc2[nH]c1=O. The molecular weight excluding hydrogens is 401 g/mol. The summed E-state index contributed by atoms with van der Waals surface area (Å²) in [5, 5.41) is 0.567. The monoisotopic (exact) mass is 413 g/mol. The number of hydrogen-bond donors (Lipinski definition) is 3. The van der Waals surface area contributed by atoms with Crippen LogP contribution in [0.3, 0.4) is 0 Å². The number of benzene rings is 3. The number of rotatable bonds is 4. The highest BCUT2D eigenvalue weighted by Gasteiger charge is 2.09. The van der Waals surface area contributed by atoms with Gasteiger partial charge >= 0.3 is 11.1 Å². The number of nitrogens with one attached hydrogen (secondary N) is 3.